The largest absolute Gasteiger partial charge is 0.374 e. The summed E-state index contributed by atoms with van der Waals surface area (Å²) < 4.78 is 57.5. The lowest BCUT2D eigenvalue weighted by Gasteiger charge is -2.11. The zero-order chi connectivity index (χ0) is 12.5. The summed E-state index contributed by atoms with van der Waals surface area (Å²) in [5.41, 5.74) is -1.67. The van der Waals surface area contributed by atoms with E-state index in [-0.39, 0.29) is 6.10 Å². The Kier molecular flexibility index (Phi) is 3.91. The van der Waals surface area contributed by atoms with Gasteiger partial charge in [0.1, 0.15) is 0 Å². The van der Waals surface area contributed by atoms with Gasteiger partial charge in [0.15, 0.2) is 23.3 Å². The Bertz CT molecular complexity index is 372. The van der Waals surface area contributed by atoms with E-state index in [0.29, 0.717) is 0 Å². The maximum absolute atomic E-state index is 13.3. The minimum atomic E-state index is -1.48. The topological polar surface area (TPSA) is 9.23 Å². The minimum absolute atomic E-state index is 0.302. The van der Waals surface area contributed by atoms with Gasteiger partial charge in [-0.15, -0.1) is 0 Å². The second-order valence-corrected chi connectivity index (χ2v) is 3.57. The van der Waals surface area contributed by atoms with Crippen LogP contribution in [0.1, 0.15) is 25.0 Å². The third-order valence-corrected chi connectivity index (χ3v) is 2.01. The molecule has 1 aromatic carbocycles. The van der Waals surface area contributed by atoms with Crippen LogP contribution in [0.2, 0.25) is 0 Å². The molecule has 1 radical (unpaired) electrons. The first-order valence-corrected chi connectivity index (χ1v) is 4.64. The average Bonchev–Trinajstić information content (AvgIpc) is 2.23. The maximum atomic E-state index is 13.3. The van der Waals surface area contributed by atoms with E-state index in [2.05, 4.69) is 6.92 Å². The highest BCUT2D eigenvalue weighted by Crippen LogP contribution is 2.24. The lowest BCUT2D eigenvalue weighted by molar-refractivity contribution is 0.0611. The fourth-order valence-corrected chi connectivity index (χ4v) is 1.10. The van der Waals surface area contributed by atoms with E-state index in [4.69, 9.17) is 4.74 Å². The molecule has 1 aromatic rings. The van der Waals surface area contributed by atoms with Crippen molar-refractivity contribution >= 4 is 0 Å². The summed E-state index contributed by atoms with van der Waals surface area (Å²) in [6.45, 7) is 5.66. The Morgan fingerprint density at radius 1 is 1.00 bits per heavy atom. The first-order valence-electron chi connectivity index (χ1n) is 4.64. The predicted octanol–water partition coefficient (Wildman–Crippen LogP) is 3.35. The van der Waals surface area contributed by atoms with Crippen molar-refractivity contribution in [2.75, 3.05) is 0 Å². The molecule has 0 N–H and O–H groups in total. The summed E-state index contributed by atoms with van der Waals surface area (Å²) in [6.07, 6.45) is -0.302. The predicted molar refractivity (Wildman–Crippen MR) is 50.7 cm³/mol. The van der Waals surface area contributed by atoms with Crippen LogP contribution in [0.5, 0.6) is 0 Å². The maximum Gasteiger partial charge on any atom is 0.167 e. The van der Waals surface area contributed by atoms with E-state index in [9.17, 15) is 17.6 Å². The summed E-state index contributed by atoms with van der Waals surface area (Å²) in [5, 5.41) is 0. The van der Waals surface area contributed by atoms with Crippen molar-refractivity contribution in [3.05, 3.63) is 41.3 Å². The number of halogens is 4. The Morgan fingerprint density at radius 3 is 1.81 bits per heavy atom. The molecule has 5 heteroatoms. The van der Waals surface area contributed by atoms with Gasteiger partial charge < -0.3 is 4.74 Å². The first kappa shape index (κ1) is 13.0. The third kappa shape index (κ3) is 2.35. The van der Waals surface area contributed by atoms with Gasteiger partial charge in [-0.1, -0.05) is 0 Å². The second kappa shape index (κ2) is 4.82. The molecule has 1 nitrogen and oxygen atoms in total. The highest BCUT2D eigenvalue weighted by atomic mass is 19.2. The second-order valence-electron chi connectivity index (χ2n) is 3.57. The zero-order valence-electron chi connectivity index (χ0n) is 8.91. The van der Waals surface area contributed by atoms with Crippen LogP contribution in [0.25, 0.3) is 0 Å². The van der Waals surface area contributed by atoms with Crippen LogP contribution >= 0.6 is 0 Å². The van der Waals surface area contributed by atoms with Crippen LogP contribution in [-0.4, -0.2) is 6.10 Å². The third-order valence-electron chi connectivity index (χ3n) is 2.01. The van der Waals surface area contributed by atoms with Crippen LogP contribution < -0.4 is 0 Å². The van der Waals surface area contributed by atoms with Crippen molar-refractivity contribution < 1.29 is 22.3 Å². The molecule has 0 fully saturated rings. The molecule has 0 saturated heterocycles. The summed E-state index contributed by atoms with van der Waals surface area (Å²) in [7, 11) is 0. The minimum Gasteiger partial charge on any atom is -0.374 e. The molecule has 0 heterocycles. The van der Waals surface area contributed by atoms with Crippen molar-refractivity contribution in [3.63, 3.8) is 0 Å². The fourth-order valence-electron chi connectivity index (χ4n) is 1.10. The number of ether oxygens (including phenoxy) is 1. The number of rotatable bonds is 3. The van der Waals surface area contributed by atoms with Crippen molar-refractivity contribution in [1.29, 1.82) is 0 Å². The molecule has 0 spiro atoms. The molecule has 0 saturated carbocycles. The van der Waals surface area contributed by atoms with Gasteiger partial charge in [-0.2, -0.15) is 0 Å². The Hall–Kier alpha value is -1.10. The van der Waals surface area contributed by atoms with Crippen molar-refractivity contribution in [2.45, 2.75) is 26.6 Å². The molecule has 0 aromatic heterocycles. The van der Waals surface area contributed by atoms with Crippen molar-refractivity contribution in [2.24, 2.45) is 0 Å². The Morgan fingerprint density at radius 2 is 1.44 bits per heavy atom. The number of benzene rings is 1. The lowest BCUT2D eigenvalue weighted by Crippen LogP contribution is -2.10. The van der Waals surface area contributed by atoms with E-state index in [1.54, 1.807) is 13.8 Å². The molecule has 1 rings (SSSR count). The first-order chi connectivity index (χ1) is 7.36. The zero-order valence-corrected chi connectivity index (χ0v) is 8.91. The molecule has 89 valence electrons. The summed E-state index contributed by atoms with van der Waals surface area (Å²) in [5.74, 6) is -5.88. The Balaban J connectivity index is 3.18. The highest BCUT2D eigenvalue weighted by Gasteiger charge is 2.23. The molecular formula is C11H11F4O. The SMILES string of the molecule is [CH2]c1c(F)c(F)c(COC(C)C)c(F)c1F. The smallest absolute Gasteiger partial charge is 0.167 e. The lowest BCUT2D eigenvalue weighted by atomic mass is 10.1. The standard InChI is InChI=1S/C11H11F4O/c1-5(2)16-4-7-10(14)8(12)6(3)9(13)11(7)15/h5H,3-4H2,1-2H3. The van der Waals surface area contributed by atoms with Gasteiger partial charge in [-0.05, 0) is 20.8 Å². The average molecular weight is 235 g/mol. The van der Waals surface area contributed by atoms with E-state index in [1.807, 2.05) is 0 Å². The van der Waals surface area contributed by atoms with Gasteiger partial charge in [-0.3, -0.25) is 0 Å². The molecule has 0 aliphatic heterocycles. The van der Waals surface area contributed by atoms with Gasteiger partial charge in [0.05, 0.1) is 18.3 Å². The quantitative estimate of drug-likeness (QED) is 0.576. The molecular weight excluding hydrogens is 224 g/mol. The monoisotopic (exact) mass is 235 g/mol. The molecule has 0 amide bonds. The highest BCUT2D eigenvalue weighted by molar-refractivity contribution is 5.31. The van der Waals surface area contributed by atoms with Crippen LogP contribution in [-0.2, 0) is 11.3 Å². The van der Waals surface area contributed by atoms with Crippen molar-refractivity contribution in [1.82, 2.24) is 0 Å². The van der Waals surface area contributed by atoms with E-state index in [0.717, 1.165) is 0 Å². The summed E-state index contributed by atoms with van der Waals surface area (Å²) >= 11 is 0. The summed E-state index contributed by atoms with van der Waals surface area (Å²) in [6, 6.07) is 0. The summed E-state index contributed by atoms with van der Waals surface area (Å²) in [4.78, 5) is 0. The van der Waals surface area contributed by atoms with Gasteiger partial charge in [0.2, 0.25) is 0 Å². The molecule has 0 atom stereocenters. The van der Waals surface area contributed by atoms with Crippen LogP contribution in [0, 0.1) is 30.2 Å². The molecule has 0 bridgehead atoms. The van der Waals surface area contributed by atoms with E-state index in [1.165, 1.54) is 0 Å². The number of hydrogen-bond donors (Lipinski definition) is 0. The van der Waals surface area contributed by atoms with Crippen molar-refractivity contribution in [3.8, 4) is 0 Å². The van der Waals surface area contributed by atoms with Crippen LogP contribution in [0.15, 0.2) is 0 Å². The molecule has 16 heavy (non-hydrogen) atoms. The van der Waals surface area contributed by atoms with E-state index < -0.39 is 41.0 Å². The van der Waals surface area contributed by atoms with E-state index >= 15 is 0 Å². The van der Waals surface area contributed by atoms with Crippen LogP contribution in [0.3, 0.4) is 0 Å². The van der Waals surface area contributed by atoms with Gasteiger partial charge in [-0.25, -0.2) is 17.6 Å². The molecule has 0 aliphatic rings. The molecule has 0 aliphatic carbocycles. The normalized spacial score (nSPS) is 11.2. The molecule has 0 unspecified atom stereocenters. The van der Waals surface area contributed by atoms with Crippen LogP contribution in [0.4, 0.5) is 17.6 Å². The van der Waals surface area contributed by atoms with Gasteiger partial charge in [0.25, 0.3) is 0 Å². The van der Waals surface area contributed by atoms with Gasteiger partial charge >= 0.3 is 0 Å². The van der Waals surface area contributed by atoms with Gasteiger partial charge in [0, 0.05) is 5.56 Å². The fraction of sp³-hybridized carbons (Fsp3) is 0.364. The number of hydrogen-bond acceptors (Lipinski definition) is 1. The Labute approximate surface area is 91.0 Å².